The average molecular weight is 150 g/mol. The van der Waals surface area contributed by atoms with E-state index in [4.69, 9.17) is 0 Å². The highest BCUT2D eigenvalue weighted by atomic mass is 14.1. The van der Waals surface area contributed by atoms with Crippen molar-refractivity contribution in [1.29, 1.82) is 0 Å². The Morgan fingerprint density at radius 3 is 1.55 bits per heavy atom. The van der Waals surface area contributed by atoms with Gasteiger partial charge in [-0.05, 0) is 13.8 Å². The molecule has 11 heavy (non-hydrogen) atoms. The monoisotopic (exact) mass is 150 g/mol. The van der Waals surface area contributed by atoms with Crippen molar-refractivity contribution >= 4 is 6.71 Å². The molecule has 1 aliphatic rings. The van der Waals surface area contributed by atoms with Crippen LogP contribution in [0.25, 0.3) is 0 Å². The van der Waals surface area contributed by atoms with Crippen molar-refractivity contribution in [2.75, 3.05) is 0 Å². The molecule has 0 radical (unpaired) electrons. The van der Waals surface area contributed by atoms with Crippen LogP contribution in [-0.4, -0.2) is 6.71 Å². The lowest BCUT2D eigenvalue weighted by molar-refractivity contribution is 0.735. The van der Waals surface area contributed by atoms with Gasteiger partial charge >= 0.3 is 0 Å². The van der Waals surface area contributed by atoms with Gasteiger partial charge in [0.1, 0.15) is 0 Å². The summed E-state index contributed by atoms with van der Waals surface area (Å²) in [5.41, 5.74) is 3.26. The molecule has 0 N–H and O–H groups in total. The van der Waals surface area contributed by atoms with Crippen molar-refractivity contribution in [3.8, 4) is 0 Å². The SMILES string of the molecule is CC1=C(C)CB(C(C)(C)C)C1. The van der Waals surface area contributed by atoms with E-state index in [2.05, 4.69) is 34.6 Å². The van der Waals surface area contributed by atoms with Gasteiger partial charge in [-0.2, -0.15) is 0 Å². The van der Waals surface area contributed by atoms with E-state index in [1.54, 1.807) is 11.1 Å². The highest BCUT2D eigenvalue weighted by Crippen LogP contribution is 2.40. The number of allylic oxidation sites excluding steroid dienone is 2. The van der Waals surface area contributed by atoms with E-state index in [-0.39, 0.29) is 0 Å². The minimum absolute atomic E-state index is 0.499. The lowest BCUT2D eigenvalue weighted by Crippen LogP contribution is -2.22. The molecule has 0 atom stereocenters. The molecule has 0 aromatic carbocycles. The minimum Gasteiger partial charge on any atom is -0.0822 e. The molecule has 0 aliphatic carbocycles. The largest absolute Gasteiger partial charge is 0.153 e. The van der Waals surface area contributed by atoms with Crippen LogP contribution in [0.3, 0.4) is 0 Å². The summed E-state index contributed by atoms with van der Waals surface area (Å²) in [5, 5.41) is 0.499. The van der Waals surface area contributed by atoms with Gasteiger partial charge in [0, 0.05) is 0 Å². The summed E-state index contributed by atoms with van der Waals surface area (Å²) in [4.78, 5) is 0. The second kappa shape index (κ2) is 2.69. The molecule has 0 unspecified atom stereocenters. The Balaban J connectivity index is 2.62. The second-order valence-electron chi connectivity index (χ2n) is 5.03. The molecule has 1 heteroatoms. The fraction of sp³-hybridized carbons (Fsp3) is 0.800. The highest BCUT2D eigenvalue weighted by molar-refractivity contribution is 6.64. The van der Waals surface area contributed by atoms with E-state index in [1.165, 1.54) is 12.6 Å². The van der Waals surface area contributed by atoms with E-state index in [9.17, 15) is 0 Å². The summed E-state index contributed by atoms with van der Waals surface area (Å²) >= 11 is 0. The van der Waals surface area contributed by atoms with Gasteiger partial charge in [0.2, 0.25) is 0 Å². The third kappa shape index (κ3) is 1.88. The smallest absolute Gasteiger partial charge is 0.0822 e. The standard InChI is InChI=1S/C10H19B/c1-8-6-11(7-9(8)2)10(3,4)5/h6-7H2,1-5H3. The zero-order chi connectivity index (χ0) is 8.65. The predicted molar refractivity (Wildman–Crippen MR) is 53.5 cm³/mol. The van der Waals surface area contributed by atoms with Crippen LogP contribution in [0.2, 0.25) is 18.0 Å². The van der Waals surface area contributed by atoms with Crippen LogP contribution in [0.5, 0.6) is 0 Å². The van der Waals surface area contributed by atoms with Gasteiger partial charge in [0.15, 0.2) is 6.71 Å². The molecule has 0 fully saturated rings. The average Bonchev–Trinajstić information content (AvgIpc) is 2.11. The van der Waals surface area contributed by atoms with Crippen molar-refractivity contribution in [2.24, 2.45) is 0 Å². The van der Waals surface area contributed by atoms with Gasteiger partial charge in [0.05, 0.1) is 0 Å². The van der Waals surface area contributed by atoms with Crippen LogP contribution in [-0.2, 0) is 0 Å². The Morgan fingerprint density at radius 2 is 1.36 bits per heavy atom. The Kier molecular flexibility index (Phi) is 2.18. The maximum atomic E-state index is 2.35. The molecule has 0 spiro atoms. The molecule has 0 saturated carbocycles. The minimum atomic E-state index is 0.499. The topological polar surface area (TPSA) is 0 Å². The van der Waals surface area contributed by atoms with Gasteiger partial charge in [-0.3, -0.25) is 0 Å². The molecule has 1 aliphatic heterocycles. The second-order valence-corrected chi connectivity index (χ2v) is 5.03. The summed E-state index contributed by atoms with van der Waals surface area (Å²) < 4.78 is 0. The summed E-state index contributed by atoms with van der Waals surface area (Å²) in [7, 11) is 0. The maximum Gasteiger partial charge on any atom is 0.153 e. The van der Waals surface area contributed by atoms with Crippen LogP contribution in [0.1, 0.15) is 34.6 Å². The molecule has 0 aromatic rings. The van der Waals surface area contributed by atoms with Crippen molar-refractivity contribution in [3.63, 3.8) is 0 Å². The van der Waals surface area contributed by atoms with Crippen molar-refractivity contribution in [2.45, 2.75) is 52.6 Å². The molecule has 0 saturated heterocycles. The van der Waals surface area contributed by atoms with Gasteiger partial charge in [-0.25, -0.2) is 0 Å². The zero-order valence-electron chi connectivity index (χ0n) is 8.49. The van der Waals surface area contributed by atoms with Crippen LogP contribution >= 0.6 is 0 Å². The number of hydrogen-bond acceptors (Lipinski definition) is 0. The number of hydrogen-bond donors (Lipinski definition) is 0. The molecule has 0 nitrogen and oxygen atoms in total. The van der Waals surface area contributed by atoms with Crippen molar-refractivity contribution in [3.05, 3.63) is 11.1 Å². The van der Waals surface area contributed by atoms with E-state index in [0.29, 0.717) is 5.31 Å². The predicted octanol–water partition coefficient (Wildman–Crippen LogP) is 3.63. The first-order valence-electron chi connectivity index (χ1n) is 4.56. The fourth-order valence-electron chi connectivity index (χ4n) is 1.77. The molecule has 1 heterocycles. The fourth-order valence-corrected chi connectivity index (χ4v) is 1.77. The normalized spacial score (nSPS) is 19.9. The molecular weight excluding hydrogens is 131 g/mol. The van der Waals surface area contributed by atoms with Gasteiger partial charge < -0.3 is 0 Å². The third-order valence-corrected chi connectivity index (χ3v) is 3.06. The molecule has 62 valence electrons. The van der Waals surface area contributed by atoms with Crippen molar-refractivity contribution < 1.29 is 0 Å². The molecule has 0 aromatic heterocycles. The molecular formula is C10H19B. The maximum absolute atomic E-state index is 2.35. The first-order chi connectivity index (χ1) is 4.91. The molecule has 0 amide bonds. The van der Waals surface area contributed by atoms with Gasteiger partial charge in [0.25, 0.3) is 0 Å². The zero-order valence-corrected chi connectivity index (χ0v) is 8.49. The Bertz CT molecular complexity index is 170. The summed E-state index contributed by atoms with van der Waals surface area (Å²) in [5.74, 6) is 0. The van der Waals surface area contributed by atoms with Crippen LogP contribution in [0, 0.1) is 0 Å². The quantitative estimate of drug-likeness (QED) is 0.365. The lowest BCUT2D eigenvalue weighted by Gasteiger charge is -2.23. The van der Waals surface area contributed by atoms with E-state index < -0.39 is 0 Å². The highest BCUT2D eigenvalue weighted by Gasteiger charge is 2.32. The Labute approximate surface area is 71.2 Å². The van der Waals surface area contributed by atoms with E-state index in [0.717, 1.165) is 6.71 Å². The Morgan fingerprint density at radius 1 is 1.00 bits per heavy atom. The van der Waals surface area contributed by atoms with Crippen LogP contribution in [0.4, 0.5) is 0 Å². The van der Waals surface area contributed by atoms with Gasteiger partial charge in [-0.1, -0.05) is 49.9 Å². The molecule has 1 rings (SSSR count). The number of rotatable bonds is 0. The first kappa shape index (κ1) is 8.90. The Hall–Kier alpha value is -0.195. The summed E-state index contributed by atoms with van der Waals surface area (Å²) in [6.07, 6.45) is 2.66. The lowest BCUT2D eigenvalue weighted by atomic mass is 9.33. The first-order valence-corrected chi connectivity index (χ1v) is 4.56. The third-order valence-electron chi connectivity index (χ3n) is 3.06. The van der Waals surface area contributed by atoms with Crippen molar-refractivity contribution in [1.82, 2.24) is 0 Å². The van der Waals surface area contributed by atoms with Crippen LogP contribution in [0.15, 0.2) is 11.1 Å². The van der Waals surface area contributed by atoms with E-state index >= 15 is 0 Å². The molecule has 0 bridgehead atoms. The van der Waals surface area contributed by atoms with Gasteiger partial charge in [-0.15, -0.1) is 0 Å². The summed E-state index contributed by atoms with van der Waals surface area (Å²) in [6.45, 7) is 12.5. The van der Waals surface area contributed by atoms with Crippen LogP contribution < -0.4 is 0 Å². The summed E-state index contributed by atoms with van der Waals surface area (Å²) in [6, 6.07) is 0. The van der Waals surface area contributed by atoms with E-state index in [1.807, 2.05) is 0 Å².